The van der Waals surface area contributed by atoms with Crippen molar-refractivity contribution in [1.29, 1.82) is 0 Å². The lowest BCUT2D eigenvalue weighted by atomic mass is 9.98. The number of aryl methyl sites for hydroxylation is 1. The topological polar surface area (TPSA) is 12.0 Å². The smallest absolute Gasteiger partial charge is 0.177 e. The molecule has 0 saturated heterocycles. The van der Waals surface area contributed by atoms with Crippen LogP contribution in [0, 0.1) is 6.92 Å². The van der Waals surface area contributed by atoms with E-state index < -0.39 is 6.30 Å². The fraction of sp³-hybridized carbons (Fsp3) is 0.500. The molecule has 0 aromatic heterocycles. The van der Waals surface area contributed by atoms with E-state index in [4.69, 9.17) is 0 Å². The Morgan fingerprint density at radius 1 is 1.36 bits per heavy atom. The van der Waals surface area contributed by atoms with Crippen molar-refractivity contribution in [3.8, 4) is 0 Å². The van der Waals surface area contributed by atoms with Gasteiger partial charge in [-0.1, -0.05) is 37.6 Å². The number of rotatable bonds is 0. The Morgan fingerprint density at radius 2 is 2.07 bits per heavy atom. The highest BCUT2D eigenvalue weighted by Crippen LogP contribution is 2.24. The summed E-state index contributed by atoms with van der Waals surface area (Å²) in [5.74, 6) is 0. The molecule has 0 fully saturated rings. The molecule has 1 nitrogen and oxygen atoms in total. The standard InChI is InChI=1S/C10H12FN.C2H6/c1-7-2-3-9-8(6-7)4-5-12-10(9)11;1-2/h2-3,6,10,12H,4-5H2,1H3;1-2H3. The zero-order chi connectivity index (χ0) is 10.6. The summed E-state index contributed by atoms with van der Waals surface area (Å²) in [7, 11) is 0. The molecule has 0 saturated carbocycles. The van der Waals surface area contributed by atoms with Crippen LogP contribution in [0.2, 0.25) is 0 Å². The van der Waals surface area contributed by atoms with Gasteiger partial charge in [0, 0.05) is 12.1 Å². The predicted octanol–water partition coefficient (Wildman–Crippen LogP) is 3.14. The summed E-state index contributed by atoms with van der Waals surface area (Å²) in [6.45, 7) is 6.78. The van der Waals surface area contributed by atoms with Gasteiger partial charge in [0.05, 0.1) is 0 Å². The van der Waals surface area contributed by atoms with E-state index >= 15 is 0 Å². The molecule has 1 atom stereocenters. The van der Waals surface area contributed by atoms with Crippen molar-refractivity contribution in [2.24, 2.45) is 0 Å². The fourth-order valence-electron chi connectivity index (χ4n) is 1.64. The molecule has 1 heterocycles. The minimum atomic E-state index is -0.964. The lowest BCUT2D eigenvalue weighted by Gasteiger charge is -2.21. The average Bonchev–Trinajstić information content (AvgIpc) is 2.21. The van der Waals surface area contributed by atoms with Crippen LogP contribution in [0.4, 0.5) is 4.39 Å². The second kappa shape index (κ2) is 5.11. The van der Waals surface area contributed by atoms with Crippen molar-refractivity contribution in [2.75, 3.05) is 6.54 Å². The molecule has 1 N–H and O–H groups in total. The Balaban J connectivity index is 0.000000461. The third-order valence-corrected chi connectivity index (χ3v) is 2.29. The molecule has 2 rings (SSSR count). The van der Waals surface area contributed by atoms with Crippen molar-refractivity contribution in [2.45, 2.75) is 33.5 Å². The van der Waals surface area contributed by atoms with E-state index in [0.29, 0.717) is 0 Å². The van der Waals surface area contributed by atoms with Crippen LogP contribution in [-0.2, 0) is 6.42 Å². The van der Waals surface area contributed by atoms with Crippen molar-refractivity contribution in [3.63, 3.8) is 0 Å². The highest BCUT2D eigenvalue weighted by atomic mass is 19.1. The molecule has 0 spiro atoms. The molecule has 1 aromatic rings. The Bertz CT molecular complexity index is 296. The summed E-state index contributed by atoms with van der Waals surface area (Å²) in [6, 6.07) is 5.91. The van der Waals surface area contributed by atoms with E-state index in [9.17, 15) is 4.39 Å². The lowest BCUT2D eigenvalue weighted by molar-refractivity contribution is 0.269. The number of nitrogens with one attached hydrogen (secondary N) is 1. The maximum atomic E-state index is 13.2. The molecular weight excluding hydrogens is 177 g/mol. The zero-order valence-electron chi connectivity index (χ0n) is 9.10. The van der Waals surface area contributed by atoms with Gasteiger partial charge in [0.15, 0.2) is 6.30 Å². The van der Waals surface area contributed by atoms with Gasteiger partial charge in [-0.05, 0) is 18.9 Å². The van der Waals surface area contributed by atoms with E-state index in [1.165, 1.54) is 5.56 Å². The van der Waals surface area contributed by atoms with Crippen molar-refractivity contribution in [3.05, 3.63) is 34.9 Å². The summed E-state index contributed by atoms with van der Waals surface area (Å²) in [5, 5.41) is 2.79. The number of alkyl halides is 1. The van der Waals surface area contributed by atoms with Gasteiger partial charge >= 0.3 is 0 Å². The van der Waals surface area contributed by atoms with Gasteiger partial charge in [-0.25, -0.2) is 4.39 Å². The third-order valence-electron chi connectivity index (χ3n) is 2.29. The largest absolute Gasteiger partial charge is 0.284 e. The SMILES string of the molecule is CC.Cc1ccc2c(c1)CCNC2F. The highest BCUT2D eigenvalue weighted by molar-refractivity contribution is 5.34. The molecule has 1 aromatic carbocycles. The van der Waals surface area contributed by atoms with Gasteiger partial charge in [0.25, 0.3) is 0 Å². The van der Waals surface area contributed by atoms with Gasteiger partial charge < -0.3 is 0 Å². The van der Waals surface area contributed by atoms with Gasteiger partial charge in [-0.2, -0.15) is 0 Å². The molecule has 1 unspecified atom stereocenters. The Labute approximate surface area is 85.3 Å². The normalized spacial score (nSPS) is 19.3. The van der Waals surface area contributed by atoms with Gasteiger partial charge in [-0.15, -0.1) is 0 Å². The summed E-state index contributed by atoms with van der Waals surface area (Å²) in [4.78, 5) is 0. The number of halogens is 1. The van der Waals surface area contributed by atoms with Crippen LogP contribution < -0.4 is 5.32 Å². The second-order valence-corrected chi connectivity index (χ2v) is 3.27. The number of hydrogen-bond acceptors (Lipinski definition) is 1. The molecule has 1 aliphatic heterocycles. The van der Waals surface area contributed by atoms with Gasteiger partial charge in [-0.3, -0.25) is 5.32 Å². The maximum absolute atomic E-state index is 13.2. The minimum Gasteiger partial charge on any atom is -0.284 e. The highest BCUT2D eigenvalue weighted by Gasteiger charge is 2.17. The quantitative estimate of drug-likeness (QED) is 0.627. The van der Waals surface area contributed by atoms with Gasteiger partial charge in [0.2, 0.25) is 0 Å². The molecule has 78 valence electrons. The molecule has 1 aliphatic rings. The van der Waals surface area contributed by atoms with Crippen LogP contribution in [0.3, 0.4) is 0 Å². The number of benzene rings is 1. The third kappa shape index (κ3) is 2.32. The van der Waals surface area contributed by atoms with Crippen LogP contribution in [0.5, 0.6) is 0 Å². The van der Waals surface area contributed by atoms with Crippen molar-refractivity contribution < 1.29 is 4.39 Å². The fourth-order valence-corrected chi connectivity index (χ4v) is 1.64. The lowest BCUT2D eigenvalue weighted by Crippen LogP contribution is -2.26. The molecule has 14 heavy (non-hydrogen) atoms. The van der Waals surface area contributed by atoms with E-state index in [0.717, 1.165) is 24.1 Å². The Hall–Kier alpha value is -0.890. The van der Waals surface area contributed by atoms with Gasteiger partial charge in [0.1, 0.15) is 0 Å². The monoisotopic (exact) mass is 195 g/mol. The Kier molecular flexibility index (Phi) is 4.08. The minimum absolute atomic E-state index is 0.748. The van der Waals surface area contributed by atoms with Crippen LogP contribution >= 0.6 is 0 Å². The summed E-state index contributed by atoms with van der Waals surface area (Å²) in [5.41, 5.74) is 3.18. The first-order valence-corrected chi connectivity index (χ1v) is 5.24. The zero-order valence-corrected chi connectivity index (χ0v) is 9.10. The average molecular weight is 195 g/mol. The van der Waals surface area contributed by atoms with Crippen molar-refractivity contribution in [1.82, 2.24) is 5.32 Å². The molecule has 0 aliphatic carbocycles. The molecule has 0 radical (unpaired) electrons. The summed E-state index contributed by atoms with van der Waals surface area (Å²) < 4.78 is 13.2. The van der Waals surface area contributed by atoms with E-state index in [2.05, 4.69) is 11.4 Å². The first kappa shape index (κ1) is 11.2. The molecule has 2 heteroatoms. The molecular formula is C12H18FN. The van der Waals surface area contributed by atoms with E-state index in [1.807, 2.05) is 32.9 Å². The maximum Gasteiger partial charge on any atom is 0.177 e. The van der Waals surface area contributed by atoms with Crippen LogP contribution in [0.1, 0.15) is 36.8 Å². The van der Waals surface area contributed by atoms with Crippen molar-refractivity contribution >= 4 is 0 Å². The Morgan fingerprint density at radius 3 is 2.79 bits per heavy atom. The molecule has 0 amide bonds. The van der Waals surface area contributed by atoms with Crippen LogP contribution in [0.25, 0.3) is 0 Å². The molecule has 0 bridgehead atoms. The van der Waals surface area contributed by atoms with E-state index in [-0.39, 0.29) is 0 Å². The first-order chi connectivity index (χ1) is 6.77. The second-order valence-electron chi connectivity index (χ2n) is 3.27. The van der Waals surface area contributed by atoms with Crippen LogP contribution in [0.15, 0.2) is 18.2 Å². The summed E-state index contributed by atoms with van der Waals surface area (Å²) in [6.07, 6.45) is -0.0217. The summed E-state index contributed by atoms with van der Waals surface area (Å²) >= 11 is 0. The number of hydrogen-bond donors (Lipinski definition) is 1. The predicted molar refractivity (Wildman–Crippen MR) is 58.1 cm³/mol. The van der Waals surface area contributed by atoms with E-state index in [1.54, 1.807) is 0 Å². The first-order valence-electron chi connectivity index (χ1n) is 5.24. The number of fused-ring (bicyclic) bond motifs is 1. The van der Waals surface area contributed by atoms with Crippen LogP contribution in [-0.4, -0.2) is 6.54 Å².